The Labute approximate surface area is 342 Å². The van der Waals surface area contributed by atoms with Gasteiger partial charge in [0.05, 0.1) is 5.52 Å². The predicted molar refractivity (Wildman–Crippen MR) is 253 cm³/mol. The number of fused-ring (bicyclic) bond motifs is 6. The van der Waals surface area contributed by atoms with Crippen molar-refractivity contribution in [3.05, 3.63) is 188 Å². The van der Waals surface area contributed by atoms with Crippen LogP contribution in [-0.2, 0) is 0 Å². The van der Waals surface area contributed by atoms with Crippen LogP contribution in [0.15, 0.2) is 188 Å². The third-order valence-electron chi connectivity index (χ3n) is 12.8. The first-order chi connectivity index (χ1) is 28.3. The van der Waals surface area contributed by atoms with Crippen molar-refractivity contribution < 1.29 is 0 Å². The van der Waals surface area contributed by atoms with Gasteiger partial charge in [-0.1, -0.05) is 154 Å². The number of para-hydroxylation sites is 4. The number of hydrogen-bond donors (Lipinski definition) is 0. The van der Waals surface area contributed by atoms with Crippen LogP contribution in [0.2, 0.25) is 26.2 Å². The monoisotopic (exact) mass is 777 g/mol. The van der Waals surface area contributed by atoms with Crippen molar-refractivity contribution in [1.29, 1.82) is 0 Å². The molecule has 58 heavy (non-hydrogen) atoms. The lowest BCUT2D eigenvalue weighted by molar-refractivity contribution is 1.28. The molecular formula is C53H43N3Si2. The Hall–Kier alpha value is -6.54. The second kappa shape index (κ2) is 13.0. The minimum atomic E-state index is -2.02. The fraction of sp³-hybridized carbons (Fsp3) is 0.0755. The minimum absolute atomic E-state index is 1.02. The molecule has 2 aliphatic rings. The van der Waals surface area contributed by atoms with Gasteiger partial charge >= 0.3 is 0 Å². The van der Waals surface area contributed by atoms with Crippen molar-refractivity contribution in [3.63, 3.8) is 0 Å². The second-order valence-electron chi connectivity index (χ2n) is 16.8. The summed E-state index contributed by atoms with van der Waals surface area (Å²) in [4.78, 5) is 10.2. The lowest BCUT2D eigenvalue weighted by Crippen LogP contribution is -2.58. The molecule has 0 aliphatic carbocycles. The summed E-state index contributed by atoms with van der Waals surface area (Å²) in [5.41, 5.74) is 13.3. The van der Waals surface area contributed by atoms with Crippen molar-refractivity contribution in [2.24, 2.45) is 0 Å². The molecule has 3 heterocycles. The maximum absolute atomic E-state index is 5.24. The van der Waals surface area contributed by atoms with E-state index in [1.165, 1.54) is 87.9 Å². The van der Waals surface area contributed by atoms with Gasteiger partial charge in [-0.05, 0) is 103 Å². The van der Waals surface area contributed by atoms with Gasteiger partial charge in [-0.25, -0.2) is 0 Å². The zero-order valence-corrected chi connectivity index (χ0v) is 35.2. The zero-order valence-electron chi connectivity index (χ0n) is 33.2. The van der Waals surface area contributed by atoms with E-state index in [9.17, 15) is 0 Å². The molecule has 0 bridgehead atoms. The lowest BCUT2D eigenvalue weighted by atomic mass is 9.87. The molecule has 0 saturated heterocycles. The first kappa shape index (κ1) is 34.7. The number of hydrogen-bond acceptors (Lipinski definition) is 3. The maximum Gasteiger partial charge on any atom is 0.117 e. The third kappa shape index (κ3) is 5.06. The van der Waals surface area contributed by atoms with E-state index in [0.717, 1.165) is 10.9 Å². The largest absolute Gasteiger partial charge is 0.311 e. The van der Waals surface area contributed by atoms with Crippen molar-refractivity contribution in [2.45, 2.75) is 26.2 Å². The summed E-state index contributed by atoms with van der Waals surface area (Å²) in [6.45, 7) is 9.98. The highest BCUT2D eigenvalue weighted by atomic mass is 28.3. The molecule has 2 aliphatic heterocycles. The van der Waals surface area contributed by atoms with Crippen LogP contribution < -0.4 is 30.5 Å². The van der Waals surface area contributed by atoms with E-state index in [1.54, 1.807) is 0 Å². The Morgan fingerprint density at radius 3 is 1.31 bits per heavy atom. The smallest absolute Gasteiger partial charge is 0.117 e. The molecule has 0 atom stereocenters. The van der Waals surface area contributed by atoms with E-state index in [-0.39, 0.29) is 0 Å². The summed E-state index contributed by atoms with van der Waals surface area (Å²) < 4.78 is 0. The molecule has 3 nitrogen and oxygen atoms in total. The van der Waals surface area contributed by atoms with Crippen LogP contribution in [0.25, 0.3) is 43.9 Å². The highest BCUT2D eigenvalue weighted by Crippen LogP contribution is 2.47. The zero-order chi connectivity index (χ0) is 39.2. The Morgan fingerprint density at radius 1 is 0.362 bits per heavy atom. The SMILES string of the molecule is C[Si]1(C)c2ccccc2N(c2ccccc2)c2cc(-c3c4ccccc4c(-c4ccc5c(c4)N(c4ccccc4)c4ccccc4[Si]5(C)C)c4ncccc34)ccc21. The molecule has 0 fully saturated rings. The van der Waals surface area contributed by atoms with Crippen molar-refractivity contribution in [3.8, 4) is 22.3 Å². The molecule has 0 saturated carbocycles. The number of nitrogens with zero attached hydrogens (tertiary/aromatic N) is 3. The van der Waals surface area contributed by atoms with Crippen LogP contribution in [0.4, 0.5) is 34.1 Å². The summed E-state index contributed by atoms with van der Waals surface area (Å²) in [6, 6.07) is 67.6. The molecule has 8 aromatic carbocycles. The molecule has 0 spiro atoms. The molecule has 0 amide bonds. The summed E-state index contributed by atoms with van der Waals surface area (Å²) >= 11 is 0. The highest BCUT2D eigenvalue weighted by molar-refractivity contribution is 7.03. The van der Waals surface area contributed by atoms with E-state index >= 15 is 0 Å². The van der Waals surface area contributed by atoms with Crippen molar-refractivity contribution in [1.82, 2.24) is 4.98 Å². The van der Waals surface area contributed by atoms with Crippen LogP contribution in [0, 0.1) is 0 Å². The van der Waals surface area contributed by atoms with E-state index < -0.39 is 16.1 Å². The molecule has 5 heteroatoms. The first-order valence-corrected chi connectivity index (χ1v) is 26.3. The van der Waals surface area contributed by atoms with Gasteiger partial charge < -0.3 is 9.80 Å². The lowest BCUT2D eigenvalue weighted by Gasteiger charge is -2.41. The first-order valence-electron chi connectivity index (χ1n) is 20.3. The van der Waals surface area contributed by atoms with Crippen LogP contribution in [0.1, 0.15) is 0 Å². The van der Waals surface area contributed by atoms with Crippen LogP contribution >= 0.6 is 0 Å². The van der Waals surface area contributed by atoms with Gasteiger partial charge in [-0.2, -0.15) is 0 Å². The number of benzene rings is 8. The molecule has 9 aromatic rings. The minimum Gasteiger partial charge on any atom is -0.311 e. The van der Waals surface area contributed by atoms with Gasteiger partial charge in [0.2, 0.25) is 0 Å². The molecule has 11 rings (SSSR count). The van der Waals surface area contributed by atoms with E-state index in [0.29, 0.717) is 0 Å². The fourth-order valence-electron chi connectivity index (χ4n) is 10.1. The summed E-state index contributed by atoms with van der Waals surface area (Å²) in [5, 5.41) is 9.43. The summed E-state index contributed by atoms with van der Waals surface area (Å²) in [5.74, 6) is 0. The Bertz CT molecular complexity index is 2820. The average molecular weight is 778 g/mol. The normalized spacial score (nSPS) is 14.8. The number of anilines is 6. The van der Waals surface area contributed by atoms with E-state index in [1.807, 2.05) is 6.20 Å². The summed E-state index contributed by atoms with van der Waals surface area (Å²) in [6.07, 6.45) is 1.96. The molecule has 1 aromatic heterocycles. The van der Waals surface area contributed by atoms with Gasteiger partial charge in [0.25, 0.3) is 0 Å². The average Bonchev–Trinajstić information content (AvgIpc) is 3.26. The molecule has 278 valence electrons. The molecule has 0 N–H and O–H groups in total. The van der Waals surface area contributed by atoms with Crippen LogP contribution in [-0.4, -0.2) is 21.1 Å². The predicted octanol–water partition coefficient (Wildman–Crippen LogP) is 11.9. The highest BCUT2D eigenvalue weighted by Gasteiger charge is 2.40. The Balaban J connectivity index is 1.16. The topological polar surface area (TPSA) is 19.4 Å². The Kier molecular flexibility index (Phi) is 7.77. The number of aromatic nitrogens is 1. The van der Waals surface area contributed by atoms with Gasteiger partial charge in [-0.15, -0.1) is 0 Å². The van der Waals surface area contributed by atoms with Gasteiger partial charge in [0.15, 0.2) is 0 Å². The van der Waals surface area contributed by atoms with Gasteiger partial charge in [0.1, 0.15) is 16.1 Å². The fourth-order valence-corrected chi connectivity index (χ4v) is 16.0. The van der Waals surface area contributed by atoms with Crippen LogP contribution in [0.5, 0.6) is 0 Å². The summed E-state index contributed by atoms with van der Waals surface area (Å²) in [7, 11) is -4.05. The Morgan fingerprint density at radius 2 is 0.776 bits per heavy atom. The molecule has 0 unspecified atom stereocenters. The van der Waals surface area contributed by atoms with Crippen molar-refractivity contribution in [2.75, 3.05) is 9.80 Å². The standard InChI is InChI=1S/C53H43N3Si2/c1-57(2)47-27-15-13-25-43(47)55(38-18-7-5-8-19-38)45-34-36(29-31-49(45)57)51-40-22-11-12-23-41(40)52(53-42(51)24-17-33-54-53)37-30-32-50-46(35-37)56(39-20-9-6-10-21-39)44-26-14-16-28-48(44)58(50,3)4/h5-35H,1-4H3. The van der Waals surface area contributed by atoms with E-state index in [4.69, 9.17) is 4.98 Å². The second-order valence-corrected chi connectivity index (χ2v) is 25.4. The maximum atomic E-state index is 5.24. The quantitative estimate of drug-likeness (QED) is 0.131. The number of pyridine rings is 1. The third-order valence-corrected chi connectivity index (χ3v) is 19.9. The van der Waals surface area contributed by atoms with Gasteiger partial charge in [0, 0.05) is 51.3 Å². The van der Waals surface area contributed by atoms with Gasteiger partial charge in [-0.3, -0.25) is 4.98 Å². The van der Waals surface area contributed by atoms with Crippen LogP contribution in [0.3, 0.4) is 0 Å². The molecule has 0 radical (unpaired) electrons. The molecular weight excluding hydrogens is 735 g/mol. The van der Waals surface area contributed by atoms with Crippen molar-refractivity contribution >= 4 is 92.7 Å². The van der Waals surface area contributed by atoms with E-state index in [2.05, 4.69) is 218 Å². The number of rotatable bonds is 4.